The van der Waals surface area contributed by atoms with Crippen LogP contribution in [0, 0.1) is 6.92 Å². The fourth-order valence-electron chi connectivity index (χ4n) is 2.84. The minimum Gasteiger partial charge on any atom is -0.378 e. The van der Waals surface area contributed by atoms with Gasteiger partial charge in [-0.05, 0) is 43.3 Å². The third-order valence-electron chi connectivity index (χ3n) is 3.69. The van der Waals surface area contributed by atoms with Crippen molar-refractivity contribution < 1.29 is 0 Å². The Morgan fingerprint density at radius 3 is 2.89 bits per heavy atom. The molecule has 2 heterocycles. The van der Waals surface area contributed by atoms with Crippen LogP contribution in [-0.2, 0) is 6.54 Å². The Hall–Kier alpha value is -1.93. The van der Waals surface area contributed by atoms with Crippen molar-refractivity contribution >= 4 is 28.2 Å². The second kappa shape index (κ2) is 3.78. The Morgan fingerprint density at radius 2 is 2.00 bits per heavy atom. The molecule has 3 heteroatoms. The molecular weight excluding hydrogens is 256 g/mol. The van der Waals surface area contributed by atoms with Crippen molar-refractivity contribution in [2.45, 2.75) is 13.5 Å². The molecule has 0 atom stereocenters. The van der Waals surface area contributed by atoms with Crippen LogP contribution in [0.4, 0.5) is 5.69 Å². The standard InChI is InChI=1S/C16H13ClN2/c1-10-2-4-15-11(6-10)7-13-9-18-14-8-12(17)3-5-16(14)19(13)15/h2-8,18H,9H2,1H3. The summed E-state index contributed by atoms with van der Waals surface area (Å²) in [6.07, 6.45) is 0. The number of fused-ring (bicyclic) bond motifs is 5. The molecule has 0 saturated heterocycles. The number of benzene rings is 2. The molecule has 0 unspecified atom stereocenters. The molecule has 0 saturated carbocycles. The first-order valence-corrected chi connectivity index (χ1v) is 6.75. The van der Waals surface area contributed by atoms with E-state index in [2.05, 4.69) is 47.1 Å². The van der Waals surface area contributed by atoms with Gasteiger partial charge >= 0.3 is 0 Å². The van der Waals surface area contributed by atoms with E-state index in [0.29, 0.717) is 0 Å². The van der Waals surface area contributed by atoms with E-state index in [1.807, 2.05) is 12.1 Å². The van der Waals surface area contributed by atoms with Crippen LogP contribution >= 0.6 is 11.6 Å². The fourth-order valence-corrected chi connectivity index (χ4v) is 3.01. The average molecular weight is 269 g/mol. The van der Waals surface area contributed by atoms with E-state index in [1.54, 1.807) is 0 Å². The Kier molecular flexibility index (Phi) is 2.18. The molecule has 1 aromatic heterocycles. The van der Waals surface area contributed by atoms with E-state index in [1.165, 1.54) is 27.8 Å². The summed E-state index contributed by atoms with van der Waals surface area (Å²) in [5.41, 5.74) is 6.10. The summed E-state index contributed by atoms with van der Waals surface area (Å²) >= 11 is 6.07. The lowest BCUT2D eigenvalue weighted by molar-refractivity contribution is 0.930. The topological polar surface area (TPSA) is 17.0 Å². The zero-order valence-electron chi connectivity index (χ0n) is 10.6. The lowest BCUT2D eigenvalue weighted by atomic mass is 10.2. The average Bonchev–Trinajstić information content (AvgIpc) is 2.75. The highest BCUT2D eigenvalue weighted by atomic mass is 35.5. The van der Waals surface area contributed by atoms with Crippen molar-refractivity contribution in [3.63, 3.8) is 0 Å². The number of aromatic nitrogens is 1. The minimum absolute atomic E-state index is 0.766. The predicted molar refractivity (Wildman–Crippen MR) is 80.3 cm³/mol. The highest BCUT2D eigenvalue weighted by Gasteiger charge is 2.18. The lowest BCUT2D eigenvalue weighted by Gasteiger charge is -2.22. The van der Waals surface area contributed by atoms with Gasteiger partial charge in [0.2, 0.25) is 0 Å². The normalized spacial score (nSPS) is 12.9. The summed E-state index contributed by atoms with van der Waals surface area (Å²) in [5, 5.41) is 5.49. The van der Waals surface area contributed by atoms with Gasteiger partial charge in [0.15, 0.2) is 0 Å². The minimum atomic E-state index is 0.766. The summed E-state index contributed by atoms with van der Waals surface area (Å²) < 4.78 is 2.32. The summed E-state index contributed by atoms with van der Waals surface area (Å²) in [6.45, 7) is 2.96. The Balaban J connectivity index is 2.07. The molecule has 0 fully saturated rings. The fraction of sp³-hybridized carbons (Fsp3) is 0.125. The zero-order valence-corrected chi connectivity index (χ0v) is 11.3. The van der Waals surface area contributed by atoms with Crippen LogP contribution in [0.15, 0.2) is 42.5 Å². The SMILES string of the molecule is Cc1ccc2c(c1)cc1n2-c2ccc(Cl)cc2NC1. The van der Waals surface area contributed by atoms with E-state index < -0.39 is 0 Å². The maximum atomic E-state index is 6.07. The Labute approximate surface area is 116 Å². The summed E-state index contributed by atoms with van der Waals surface area (Å²) in [6, 6.07) is 14.8. The van der Waals surface area contributed by atoms with Crippen LogP contribution in [0.3, 0.4) is 0 Å². The quantitative estimate of drug-likeness (QED) is 0.634. The monoisotopic (exact) mass is 268 g/mol. The first-order valence-electron chi connectivity index (χ1n) is 6.37. The van der Waals surface area contributed by atoms with Crippen molar-refractivity contribution in [3.05, 3.63) is 58.7 Å². The molecule has 0 radical (unpaired) electrons. The molecule has 94 valence electrons. The largest absolute Gasteiger partial charge is 0.378 e. The molecule has 1 N–H and O–H groups in total. The summed E-state index contributed by atoms with van der Waals surface area (Å²) in [7, 11) is 0. The highest BCUT2D eigenvalue weighted by Crippen LogP contribution is 2.34. The number of hydrogen-bond donors (Lipinski definition) is 1. The molecule has 2 aromatic carbocycles. The van der Waals surface area contributed by atoms with Crippen LogP contribution in [0.25, 0.3) is 16.6 Å². The van der Waals surface area contributed by atoms with Gasteiger partial charge in [-0.15, -0.1) is 0 Å². The van der Waals surface area contributed by atoms with E-state index in [-0.39, 0.29) is 0 Å². The molecule has 2 nitrogen and oxygen atoms in total. The molecule has 0 amide bonds. The van der Waals surface area contributed by atoms with Gasteiger partial charge in [0.05, 0.1) is 23.4 Å². The van der Waals surface area contributed by atoms with Crippen LogP contribution in [-0.4, -0.2) is 4.57 Å². The molecule has 1 aliphatic rings. The third kappa shape index (κ3) is 1.57. The number of anilines is 1. The molecule has 0 aliphatic carbocycles. The van der Waals surface area contributed by atoms with Crippen molar-refractivity contribution in [1.29, 1.82) is 0 Å². The van der Waals surface area contributed by atoms with Gasteiger partial charge in [0.25, 0.3) is 0 Å². The van der Waals surface area contributed by atoms with Crippen LogP contribution in [0.5, 0.6) is 0 Å². The maximum Gasteiger partial charge on any atom is 0.0692 e. The van der Waals surface area contributed by atoms with E-state index in [4.69, 9.17) is 11.6 Å². The van der Waals surface area contributed by atoms with Crippen LogP contribution < -0.4 is 5.32 Å². The second-order valence-electron chi connectivity index (χ2n) is 5.05. The van der Waals surface area contributed by atoms with Gasteiger partial charge in [0, 0.05) is 16.1 Å². The molecule has 3 aromatic rings. The van der Waals surface area contributed by atoms with Crippen molar-refractivity contribution in [2.24, 2.45) is 0 Å². The molecule has 0 spiro atoms. The van der Waals surface area contributed by atoms with E-state index in [0.717, 1.165) is 17.3 Å². The van der Waals surface area contributed by atoms with Crippen LogP contribution in [0.2, 0.25) is 5.02 Å². The first kappa shape index (κ1) is 10.9. The Bertz CT molecular complexity index is 802. The smallest absolute Gasteiger partial charge is 0.0692 e. The lowest BCUT2D eigenvalue weighted by Crippen LogP contribution is -2.14. The predicted octanol–water partition coefficient (Wildman–Crippen LogP) is 4.52. The van der Waals surface area contributed by atoms with Crippen molar-refractivity contribution in [1.82, 2.24) is 4.57 Å². The maximum absolute atomic E-state index is 6.07. The number of nitrogens with one attached hydrogen (secondary N) is 1. The molecule has 1 aliphatic heterocycles. The second-order valence-corrected chi connectivity index (χ2v) is 5.48. The zero-order chi connectivity index (χ0) is 13.0. The number of rotatable bonds is 0. The molecule has 4 rings (SSSR count). The van der Waals surface area contributed by atoms with Crippen molar-refractivity contribution in [2.75, 3.05) is 5.32 Å². The number of aryl methyl sites for hydroxylation is 1. The number of hydrogen-bond acceptors (Lipinski definition) is 1. The van der Waals surface area contributed by atoms with Crippen molar-refractivity contribution in [3.8, 4) is 5.69 Å². The van der Waals surface area contributed by atoms with Gasteiger partial charge < -0.3 is 9.88 Å². The number of nitrogens with zero attached hydrogens (tertiary/aromatic N) is 1. The van der Waals surface area contributed by atoms with Crippen LogP contribution in [0.1, 0.15) is 11.3 Å². The highest BCUT2D eigenvalue weighted by molar-refractivity contribution is 6.31. The molecule has 19 heavy (non-hydrogen) atoms. The molecule has 0 bridgehead atoms. The van der Waals surface area contributed by atoms with E-state index >= 15 is 0 Å². The summed E-state index contributed by atoms with van der Waals surface area (Å²) in [4.78, 5) is 0. The van der Waals surface area contributed by atoms with Gasteiger partial charge in [-0.3, -0.25) is 0 Å². The van der Waals surface area contributed by atoms with E-state index in [9.17, 15) is 0 Å². The van der Waals surface area contributed by atoms with Gasteiger partial charge in [-0.25, -0.2) is 0 Å². The van der Waals surface area contributed by atoms with Gasteiger partial charge in [-0.2, -0.15) is 0 Å². The molecular formula is C16H13ClN2. The Morgan fingerprint density at radius 1 is 1.11 bits per heavy atom. The number of halogens is 1. The third-order valence-corrected chi connectivity index (χ3v) is 3.93. The van der Waals surface area contributed by atoms with Gasteiger partial charge in [-0.1, -0.05) is 23.2 Å². The summed E-state index contributed by atoms with van der Waals surface area (Å²) in [5.74, 6) is 0. The first-order chi connectivity index (χ1) is 9.22. The van der Waals surface area contributed by atoms with Gasteiger partial charge in [0.1, 0.15) is 0 Å².